The molecule has 4 aliphatic heterocycles. The first-order valence-corrected chi connectivity index (χ1v) is 11.5. The minimum Gasteiger partial charge on any atom is -0.336 e. The molecule has 4 heterocycles. The van der Waals surface area contributed by atoms with Gasteiger partial charge >= 0.3 is 0 Å². The van der Waals surface area contributed by atoms with E-state index in [1.165, 1.54) is 0 Å². The number of benzene rings is 1. The number of rotatable bonds is 4. The lowest BCUT2D eigenvalue weighted by atomic mass is 10.0. The molecule has 0 aromatic heterocycles. The Morgan fingerprint density at radius 1 is 0.970 bits per heavy atom. The van der Waals surface area contributed by atoms with E-state index in [2.05, 4.69) is 15.5 Å². The zero-order valence-electron chi connectivity index (χ0n) is 18.3. The summed E-state index contributed by atoms with van der Waals surface area (Å²) >= 11 is 0. The van der Waals surface area contributed by atoms with E-state index in [9.17, 15) is 24.0 Å². The zero-order valence-corrected chi connectivity index (χ0v) is 18.3. The van der Waals surface area contributed by atoms with Gasteiger partial charge in [0.25, 0.3) is 11.8 Å². The molecule has 174 valence electrons. The summed E-state index contributed by atoms with van der Waals surface area (Å²) in [6.45, 7) is 4.22. The van der Waals surface area contributed by atoms with Crippen LogP contribution in [0.2, 0.25) is 0 Å². The minimum absolute atomic E-state index is 0.0980. The molecule has 0 radical (unpaired) electrons. The smallest absolute Gasteiger partial charge is 0.262 e. The number of likely N-dealkylation sites (tertiary alicyclic amines) is 1. The van der Waals surface area contributed by atoms with Crippen LogP contribution in [0.3, 0.4) is 0 Å². The van der Waals surface area contributed by atoms with E-state index in [1.807, 2.05) is 11.0 Å². The first kappa shape index (κ1) is 21.7. The highest BCUT2D eigenvalue weighted by Gasteiger charge is 2.44. The summed E-state index contributed by atoms with van der Waals surface area (Å²) < 4.78 is 0. The van der Waals surface area contributed by atoms with Gasteiger partial charge in [-0.3, -0.25) is 39.1 Å². The molecule has 33 heavy (non-hydrogen) atoms. The van der Waals surface area contributed by atoms with Crippen LogP contribution in [0.1, 0.15) is 52.0 Å². The number of carbonyl (C=O) groups excluding carboxylic acids is 5. The number of fused-ring (bicyclic) bond motifs is 1. The zero-order chi connectivity index (χ0) is 23.1. The maximum absolute atomic E-state index is 13.0. The fourth-order valence-electron chi connectivity index (χ4n) is 5.31. The van der Waals surface area contributed by atoms with E-state index in [-0.39, 0.29) is 30.4 Å². The van der Waals surface area contributed by atoms with Crippen molar-refractivity contribution in [3.63, 3.8) is 0 Å². The van der Waals surface area contributed by atoms with Gasteiger partial charge in [-0.2, -0.15) is 0 Å². The Hall–Kier alpha value is -3.11. The van der Waals surface area contributed by atoms with Gasteiger partial charge in [0.2, 0.25) is 17.7 Å². The summed E-state index contributed by atoms with van der Waals surface area (Å²) in [5.74, 6) is -1.84. The largest absolute Gasteiger partial charge is 0.336 e. The van der Waals surface area contributed by atoms with E-state index < -0.39 is 29.7 Å². The lowest BCUT2D eigenvalue weighted by Crippen LogP contribution is -2.56. The molecule has 3 saturated heterocycles. The molecule has 4 aliphatic rings. The second-order valence-corrected chi connectivity index (χ2v) is 9.12. The van der Waals surface area contributed by atoms with Gasteiger partial charge in [-0.05, 0) is 43.5 Å². The highest BCUT2D eigenvalue weighted by Crippen LogP contribution is 2.29. The van der Waals surface area contributed by atoms with Crippen LogP contribution in [-0.2, 0) is 20.9 Å². The fraction of sp³-hybridized carbons (Fsp3) is 0.522. The molecule has 2 atom stereocenters. The summed E-state index contributed by atoms with van der Waals surface area (Å²) in [4.78, 5) is 67.1. The molecule has 2 unspecified atom stereocenters. The predicted molar refractivity (Wildman–Crippen MR) is 116 cm³/mol. The Labute approximate surface area is 191 Å². The minimum atomic E-state index is -0.960. The monoisotopic (exact) mass is 453 g/mol. The molecule has 3 fully saturated rings. The van der Waals surface area contributed by atoms with Gasteiger partial charge in [0.05, 0.1) is 17.7 Å². The number of carbonyl (C=O) groups is 5. The molecular formula is C23H27N5O5. The van der Waals surface area contributed by atoms with Gasteiger partial charge in [0, 0.05) is 38.6 Å². The fourth-order valence-corrected chi connectivity index (χ4v) is 5.31. The van der Waals surface area contributed by atoms with Gasteiger partial charge in [0.1, 0.15) is 6.04 Å². The van der Waals surface area contributed by atoms with E-state index in [4.69, 9.17) is 0 Å². The maximum Gasteiger partial charge on any atom is 0.262 e. The third-order valence-electron chi connectivity index (χ3n) is 6.96. The van der Waals surface area contributed by atoms with Crippen LogP contribution in [0.15, 0.2) is 18.2 Å². The molecule has 0 bridgehead atoms. The highest BCUT2D eigenvalue weighted by molar-refractivity contribution is 6.23. The highest BCUT2D eigenvalue weighted by atomic mass is 16.2. The number of nitrogens with one attached hydrogen (secondary N) is 2. The number of hydrogen-bond donors (Lipinski definition) is 2. The van der Waals surface area contributed by atoms with Gasteiger partial charge in [-0.25, -0.2) is 0 Å². The van der Waals surface area contributed by atoms with Crippen LogP contribution < -0.4 is 10.6 Å². The Balaban J connectivity index is 1.29. The molecule has 5 rings (SSSR count). The molecule has 5 amide bonds. The molecule has 0 spiro atoms. The summed E-state index contributed by atoms with van der Waals surface area (Å²) in [5, 5.41) is 5.32. The maximum atomic E-state index is 13.0. The first-order valence-electron chi connectivity index (χ1n) is 11.5. The van der Waals surface area contributed by atoms with Crippen LogP contribution in [0.25, 0.3) is 0 Å². The van der Waals surface area contributed by atoms with Gasteiger partial charge < -0.3 is 10.2 Å². The molecule has 0 aliphatic carbocycles. The average Bonchev–Trinajstić information content (AvgIpc) is 3.04. The van der Waals surface area contributed by atoms with Crippen molar-refractivity contribution < 1.29 is 24.0 Å². The van der Waals surface area contributed by atoms with E-state index in [1.54, 1.807) is 12.1 Å². The third kappa shape index (κ3) is 4.04. The summed E-state index contributed by atoms with van der Waals surface area (Å²) in [6, 6.07) is 4.46. The van der Waals surface area contributed by atoms with Crippen LogP contribution in [0, 0.1) is 0 Å². The number of hydrogen-bond acceptors (Lipinski definition) is 7. The topological polar surface area (TPSA) is 119 Å². The van der Waals surface area contributed by atoms with Crippen molar-refractivity contribution in [1.29, 1.82) is 0 Å². The Bertz CT molecular complexity index is 1040. The Morgan fingerprint density at radius 3 is 2.58 bits per heavy atom. The number of piperidine rings is 2. The van der Waals surface area contributed by atoms with Crippen molar-refractivity contribution in [2.75, 3.05) is 32.7 Å². The van der Waals surface area contributed by atoms with Crippen LogP contribution in [-0.4, -0.2) is 89.0 Å². The summed E-state index contributed by atoms with van der Waals surface area (Å²) in [7, 11) is 0. The van der Waals surface area contributed by atoms with Crippen molar-refractivity contribution in [2.45, 2.75) is 44.3 Å². The average molecular weight is 453 g/mol. The van der Waals surface area contributed by atoms with Crippen LogP contribution >= 0.6 is 0 Å². The van der Waals surface area contributed by atoms with Crippen molar-refractivity contribution >= 4 is 29.5 Å². The lowest BCUT2D eigenvalue weighted by Gasteiger charge is -2.41. The number of imide groups is 2. The van der Waals surface area contributed by atoms with Crippen LogP contribution in [0.5, 0.6) is 0 Å². The normalized spacial score (nSPS) is 26.6. The van der Waals surface area contributed by atoms with Crippen molar-refractivity contribution in [2.24, 2.45) is 0 Å². The van der Waals surface area contributed by atoms with E-state index >= 15 is 0 Å². The van der Waals surface area contributed by atoms with Crippen molar-refractivity contribution in [1.82, 2.24) is 25.3 Å². The molecule has 10 nitrogen and oxygen atoms in total. The SMILES string of the molecule is O=C1CCC(N2C(=O)c3ccc(CN4CCCC(N5CCNCC5=O)C4)cc3C2=O)C(=O)N1. The number of piperazine rings is 1. The van der Waals surface area contributed by atoms with Gasteiger partial charge in [-0.15, -0.1) is 0 Å². The standard InChI is InChI=1S/C23H27N5O5/c29-19-6-5-18(21(31)25-19)28-22(32)16-4-3-14(10-17(16)23(28)33)12-26-8-1-2-15(13-26)27-9-7-24-11-20(27)30/h3-4,10,15,18,24H,1-2,5-9,11-13H2,(H,25,29,31). The molecule has 1 aromatic rings. The summed E-state index contributed by atoms with van der Waals surface area (Å²) in [5.41, 5.74) is 1.50. The molecule has 2 N–H and O–H groups in total. The van der Waals surface area contributed by atoms with Gasteiger partial charge in [-0.1, -0.05) is 6.07 Å². The van der Waals surface area contributed by atoms with E-state index in [0.29, 0.717) is 18.7 Å². The molecule has 1 aromatic carbocycles. The predicted octanol–water partition coefficient (Wildman–Crippen LogP) is -0.516. The third-order valence-corrected chi connectivity index (χ3v) is 6.96. The Kier molecular flexibility index (Phi) is 5.71. The summed E-state index contributed by atoms with van der Waals surface area (Å²) in [6.07, 6.45) is 2.22. The van der Waals surface area contributed by atoms with E-state index in [0.717, 1.165) is 49.5 Å². The second kappa shape index (κ2) is 8.68. The lowest BCUT2D eigenvalue weighted by molar-refractivity contribution is -0.137. The molecular weight excluding hydrogens is 426 g/mol. The van der Waals surface area contributed by atoms with Crippen molar-refractivity contribution in [3.05, 3.63) is 34.9 Å². The van der Waals surface area contributed by atoms with Crippen molar-refractivity contribution in [3.8, 4) is 0 Å². The Morgan fingerprint density at radius 2 is 1.79 bits per heavy atom. The van der Waals surface area contributed by atoms with Gasteiger partial charge in [0.15, 0.2) is 0 Å². The second-order valence-electron chi connectivity index (χ2n) is 9.12. The molecule has 0 saturated carbocycles. The number of amides is 5. The van der Waals surface area contributed by atoms with Crippen LogP contribution in [0.4, 0.5) is 0 Å². The quantitative estimate of drug-likeness (QED) is 0.589. The number of nitrogens with zero attached hydrogens (tertiary/aromatic N) is 3. The molecule has 10 heteroatoms. The first-order chi connectivity index (χ1) is 15.9.